The highest BCUT2D eigenvalue weighted by Gasteiger charge is 2.32. The molecular weight excluding hydrogens is 344 g/mol. The van der Waals surface area contributed by atoms with Crippen LogP contribution in [0.4, 0.5) is 0 Å². The number of hydrogen-bond donors (Lipinski definition) is 1. The third-order valence-electron chi connectivity index (χ3n) is 4.31. The predicted octanol–water partition coefficient (Wildman–Crippen LogP) is 5.18. The molecule has 2 atom stereocenters. The van der Waals surface area contributed by atoms with Gasteiger partial charge in [-0.2, -0.15) is 0 Å². The molecule has 132 valence electrons. The molecule has 0 aromatic carbocycles. The van der Waals surface area contributed by atoms with E-state index >= 15 is 0 Å². The zero-order valence-corrected chi connectivity index (χ0v) is 16.1. The maximum atomic E-state index is 10.0. The Morgan fingerprint density at radius 2 is 1.59 bits per heavy atom. The van der Waals surface area contributed by atoms with Crippen molar-refractivity contribution in [2.24, 2.45) is 0 Å². The fraction of sp³-hybridized carbons (Fsp3) is 1.00. The van der Waals surface area contributed by atoms with Crippen LogP contribution in [0.5, 0.6) is 0 Å². The second-order valence-corrected chi connectivity index (χ2v) is 7.78. The summed E-state index contributed by atoms with van der Waals surface area (Å²) >= 11 is 3.47. The van der Waals surface area contributed by atoms with E-state index in [4.69, 9.17) is 9.47 Å². The van der Waals surface area contributed by atoms with Gasteiger partial charge in [0.25, 0.3) is 0 Å². The highest BCUT2D eigenvalue weighted by Crippen LogP contribution is 2.25. The van der Waals surface area contributed by atoms with Crippen molar-refractivity contribution in [1.29, 1.82) is 0 Å². The number of hydrogen-bond acceptors (Lipinski definition) is 3. The lowest BCUT2D eigenvalue weighted by atomic mass is 10.0. The molecule has 0 bridgehead atoms. The van der Waals surface area contributed by atoms with Crippen LogP contribution < -0.4 is 0 Å². The molecule has 4 heteroatoms. The SMILES string of the molecule is CC1(C)OCC(CCC(O)CCCCCCCCCCBr)O1. The molecule has 1 aliphatic heterocycles. The van der Waals surface area contributed by atoms with Gasteiger partial charge in [-0.3, -0.25) is 0 Å². The molecule has 1 aliphatic rings. The Labute approximate surface area is 145 Å². The Morgan fingerprint density at radius 1 is 1.00 bits per heavy atom. The maximum Gasteiger partial charge on any atom is 0.163 e. The Bertz CT molecular complexity index is 271. The molecule has 3 nitrogen and oxygen atoms in total. The van der Waals surface area contributed by atoms with Crippen molar-refractivity contribution in [2.45, 2.75) is 102 Å². The largest absolute Gasteiger partial charge is 0.393 e. The lowest BCUT2D eigenvalue weighted by Crippen LogP contribution is -2.22. The molecule has 1 N–H and O–H groups in total. The lowest BCUT2D eigenvalue weighted by molar-refractivity contribution is -0.139. The molecule has 1 rings (SSSR count). The van der Waals surface area contributed by atoms with E-state index in [9.17, 15) is 5.11 Å². The van der Waals surface area contributed by atoms with Gasteiger partial charge in [0, 0.05) is 5.33 Å². The van der Waals surface area contributed by atoms with Crippen LogP contribution in [0.25, 0.3) is 0 Å². The first-order valence-corrected chi connectivity index (χ1v) is 10.2. The van der Waals surface area contributed by atoms with Crippen LogP contribution in [0.2, 0.25) is 0 Å². The molecule has 0 aliphatic carbocycles. The molecule has 22 heavy (non-hydrogen) atoms. The normalized spacial score (nSPS) is 22.1. The van der Waals surface area contributed by atoms with E-state index in [1.807, 2.05) is 13.8 Å². The van der Waals surface area contributed by atoms with Crippen molar-refractivity contribution in [1.82, 2.24) is 0 Å². The molecule has 0 amide bonds. The minimum atomic E-state index is -0.440. The average Bonchev–Trinajstić information content (AvgIpc) is 2.83. The van der Waals surface area contributed by atoms with Crippen molar-refractivity contribution in [2.75, 3.05) is 11.9 Å². The summed E-state index contributed by atoms with van der Waals surface area (Å²) in [5.74, 6) is -0.440. The predicted molar refractivity (Wildman–Crippen MR) is 95.5 cm³/mol. The molecule has 1 fully saturated rings. The van der Waals surface area contributed by atoms with Crippen molar-refractivity contribution in [3.05, 3.63) is 0 Å². The van der Waals surface area contributed by atoms with Gasteiger partial charge in [-0.05, 0) is 39.5 Å². The van der Waals surface area contributed by atoms with Crippen LogP contribution in [0.3, 0.4) is 0 Å². The van der Waals surface area contributed by atoms with E-state index in [1.165, 1.54) is 44.9 Å². The molecule has 2 unspecified atom stereocenters. The summed E-state index contributed by atoms with van der Waals surface area (Å²) in [6, 6.07) is 0. The van der Waals surface area contributed by atoms with Crippen LogP contribution in [0, 0.1) is 0 Å². The molecule has 0 aromatic rings. The highest BCUT2D eigenvalue weighted by molar-refractivity contribution is 9.09. The highest BCUT2D eigenvalue weighted by atomic mass is 79.9. The summed E-state index contributed by atoms with van der Waals surface area (Å²) in [6.07, 6.45) is 13.1. The summed E-state index contributed by atoms with van der Waals surface area (Å²) in [5, 5.41) is 11.2. The number of unbranched alkanes of at least 4 members (excludes halogenated alkanes) is 7. The third kappa shape index (κ3) is 10.2. The quantitative estimate of drug-likeness (QED) is 0.354. The van der Waals surface area contributed by atoms with Crippen LogP contribution in [0.15, 0.2) is 0 Å². The van der Waals surface area contributed by atoms with Crippen molar-refractivity contribution < 1.29 is 14.6 Å². The summed E-state index contributed by atoms with van der Waals surface area (Å²) in [7, 11) is 0. The van der Waals surface area contributed by atoms with Gasteiger partial charge in [0.05, 0.1) is 18.8 Å². The summed E-state index contributed by atoms with van der Waals surface area (Å²) in [5.41, 5.74) is 0. The van der Waals surface area contributed by atoms with E-state index in [2.05, 4.69) is 15.9 Å². The summed E-state index contributed by atoms with van der Waals surface area (Å²) in [4.78, 5) is 0. The van der Waals surface area contributed by atoms with Gasteiger partial charge in [-0.15, -0.1) is 0 Å². The van der Waals surface area contributed by atoms with Crippen LogP contribution in [0.1, 0.15) is 84.5 Å². The standard InChI is InChI=1S/C18H35BrO3/c1-18(2)21-15-17(22-18)13-12-16(20)11-9-7-5-3-4-6-8-10-14-19/h16-17,20H,3-15H2,1-2H3. The van der Waals surface area contributed by atoms with Gasteiger partial charge in [0.15, 0.2) is 5.79 Å². The minimum Gasteiger partial charge on any atom is -0.393 e. The summed E-state index contributed by atoms with van der Waals surface area (Å²) < 4.78 is 11.3. The average molecular weight is 379 g/mol. The second kappa shape index (κ2) is 11.8. The van der Waals surface area contributed by atoms with Crippen molar-refractivity contribution in [3.63, 3.8) is 0 Å². The Balaban J connectivity index is 1.86. The Hall–Kier alpha value is 0.360. The third-order valence-corrected chi connectivity index (χ3v) is 4.87. The molecule has 0 spiro atoms. The number of alkyl halides is 1. The molecule has 0 aromatic heterocycles. The first-order chi connectivity index (χ1) is 10.5. The van der Waals surface area contributed by atoms with E-state index < -0.39 is 5.79 Å². The van der Waals surface area contributed by atoms with Gasteiger partial charge in [-0.1, -0.05) is 60.9 Å². The van der Waals surface area contributed by atoms with Gasteiger partial charge < -0.3 is 14.6 Å². The van der Waals surface area contributed by atoms with Gasteiger partial charge in [0.2, 0.25) is 0 Å². The first kappa shape index (κ1) is 20.4. The maximum absolute atomic E-state index is 10.0. The number of ether oxygens (including phenoxy) is 2. The van der Waals surface area contributed by atoms with Crippen LogP contribution >= 0.6 is 15.9 Å². The zero-order chi connectivity index (χ0) is 16.3. The van der Waals surface area contributed by atoms with E-state index in [-0.39, 0.29) is 12.2 Å². The van der Waals surface area contributed by atoms with Gasteiger partial charge >= 0.3 is 0 Å². The smallest absolute Gasteiger partial charge is 0.163 e. The number of rotatable bonds is 13. The van der Waals surface area contributed by atoms with Crippen molar-refractivity contribution >= 4 is 15.9 Å². The topological polar surface area (TPSA) is 38.7 Å². The van der Waals surface area contributed by atoms with Gasteiger partial charge in [-0.25, -0.2) is 0 Å². The summed E-state index contributed by atoms with van der Waals surface area (Å²) in [6.45, 7) is 4.56. The van der Waals surface area contributed by atoms with E-state index in [1.54, 1.807) is 0 Å². The fourth-order valence-corrected chi connectivity index (χ4v) is 3.36. The monoisotopic (exact) mass is 378 g/mol. The molecule has 0 radical (unpaired) electrons. The Morgan fingerprint density at radius 3 is 2.14 bits per heavy atom. The van der Waals surface area contributed by atoms with Crippen molar-refractivity contribution in [3.8, 4) is 0 Å². The molecule has 1 heterocycles. The van der Waals surface area contributed by atoms with Gasteiger partial charge in [0.1, 0.15) is 0 Å². The minimum absolute atomic E-state index is 0.157. The fourth-order valence-electron chi connectivity index (χ4n) is 2.96. The molecule has 0 saturated carbocycles. The zero-order valence-electron chi connectivity index (χ0n) is 14.5. The van der Waals surface area contributed by atoms with E-state index in [0.29, 0.717) is 6.61 Å². The van der Waals surface area contributed by atoms with E-state index in [0.717, 1.165) is 31.0 Å². The number of aliphatic hydroxyl groups is 1. The number of aliphatic hydroxyl groups excluding tert-OH is 1. The lowest BCUT2D eigenvalue weighted by Gasteiger charge is -2.18. The van der Waals surface area contributed by atoms with Crippen LogP contribution in [-0.2, 0) is 9.47 Å². The molecule has 1 saturated heterocycles. The van der Waals surface area contributed by atoms with Crippen LogP contribution in [-0.4, -0.2) is 35.0 Å². The molecular formula is C18H35BrO3. The second-order valence-electron chi connectivity index (χ2n) is 6.99. The Kier molecular flexibility index (Phi) is 11.0. The first-order valence-electron chi connectivity index (χ1n) is 9.09. The number of halogens is 1.